The Morgan fingerprint density at radius 3 is 2.80 bits per heavy atom. The highest BCUT2D eigenvalue weighted by Crippen LogP contribution is 2.34. The lowest BCUT2D eigenvalue weighted by Gasteiger charge is -2.11. The molecule has 3 rings (SSSR count). The smallest absolute Gasteiger partial charge is 0.268 e. The first kappa shape index (κ1) is 18.1. The number of benzene rings is 1. The summed E-state index contributed by atoms with van der Waals surface area (Å²) in [6.07, 6.45) is 0.808. The highest BCUT2D eigenvalue weighted by Gasteiger charge is 2.26. The van der Waals surface area contributed by atoms with Gasteiger partial charge in [0, 0.05) is 23.9 Å². The molecule has 1 aromatic heterocycles. The van der Waals surface area contributed by atoms with Crippen molar-refractivity contribution in [3.63, 3.8) is 0 Å². The monoisotopic (exact) mass is 375 g/mol. The van der Waals surface area contributed by atoms with Crippen molar-refractivity contribution in [2.45, 2.75) is 49.0 Å². The summed E-state index contributed by atoms with van der Waals surface area (Å²) < 4.78 is 1.66. The van der Waals surface area contributed by atoms with Crippen molar-refractivity contribution in [2.75, 3.05) is 11.1 Å². The zero-order valence-corrected chi connectivity index (χ0v) is 16.2. The lowest BCUT2D eigenvalue weighted by Crippen LogP contribution is -2.25. The van der Waals surface area contributed by atoms with Gasteiger partial charge in [0.25, 0.3) is 5.56 Å². The van der Waals surface area contributed by atoms with E-state index in [0.29, 0.717) is 17.0 Å². The quantitative estimate of drug-likeness (QED) is 0.641. The molecule has 2 aromatic rings. The van der Waals surface area contributed by atoms with Crippen LogP contribution in [0.25, 0.3) is 0 Å². The molecule has 0 unspecified atom stereocenters. The molecule has 0 fully saturated rings. The normalized spacial score (nSPS) is 15.9. The number of rotatable bonds is 5. The summed E-state index contributed by atoms with van der Waals surface area (Å²) in [5.74, 6) is 0.121. The van der Waals surface area contributed by atoms with E-state index in [1.165, 1.54) is 11.8 Å². The van der Waals surface area contributed by atoms with Gasteiger partial charge in [-0.2, -0.15) is 0 Å². The van der Waals surface area contributed by atoms with Crippen molar-refractivity contribution in [1.29, 1.82) is 0 Å². The second-order valence-corrected chi connectivity index (χ2v) is 8.45. The molecule has 1 atom stereocenters. The van der Waals surface area contributed by atoms with Crippen molar-refractivity contribution in [3.8, 4) is 0 Å². The van der Waals surface area contributed by atoms with Crippen LogP contribution < -0.4 is 10.9 Å². The fourth-order valence-electron chi connectivity index (χ4n) is 2.68. The average Bonchev–Trinajstić information content (AvgIpc) is 2.96. The Morgan fingerprint density at radius 1 is 1.40 bits per heavy atom. The molecule has 1 aromatic carbocycles. The predicted octanol–water partition coefficient (Wildman–Crippen LogP) is 3.34. The Kier molecular flexibility index (Phi) is 5.54. The van der Waals surface area contributed by atoms with E-state index in [-0.39, 0.29) is 17.2 Å². The number of carbonyl (C=O) groups is 1. The highest BCUT2D eigenvalue weighted by molar-refractivity contribution is 8.00. The SMILES string of the molecule is CCn1c(SCC(=O)Nc2ccc(C)cc2)nc2c(c1=O)S[C@@H](C)C2. The van der Waals surface area contributed by atoms with E-state index in [1.807, 2.05) is 38.1 Å². The summed E-state index contributed by atoms with van der Waals surface area (Å²) in [4.78, 5) is 30.2. The Labute approximate surface area is 155 Å². The maximum atomic E-state index is 12.6. The van der Waals surface area contributed by atoms with Crippen LogP contribution in [-0.2, 0) is 17.8 Å². The fourth-order valence-corrected chi connectivity index (χ4v) is 4.68. The third-order valence-electron chi connectivity index (χ3n) is 3.95. The standard InChI is InChI=1S/C18H21N3O2S2/c1-4-21-17(23)16-14(9-12(3)25-16)20-18(21)24-10-15(22)19-13-7-5-11(2)6-8-13/h5-8,12H,4,9-10H2,1-3H3,(H,19,22)/t12-/m0/s1. The molecule has 0 saturated heterocycles. The Morgan fingerprint density at radius 2 is 2.12 bits per heavy atom. The highest BCUT2D eigenvalue weighted by atomic mass is 32.2. The van der Waals surface area contributed by atoms with Crippen molar-refractivity contribution in [3.05, 3.63) is 45.9 Å². The van der Waals surface area contributed by atoms with Gasteiger partial charge in [-0.1, -0.05) is 36.4 Å². The van der Waals surface area contributed by atoms with Gasteiger partial charge >= 0.3 is 0 Å². The molecular weight excluding hydrogens is 354 g/mol. The molecule has 0 radical (unpaired) electrons. The van der Waals surface area contributed by atoms with E-state index >= 15 is 0 Å². The van der Waals surface area contributed by atoms with Crippen LogP contribution in [0.3, 0.4) is 0 Å². The van der Waals surface area contributed by atoms with Gasteiger partial charge in [0.15, 0.2) is 5.16 Å². The number of amides is 1. The molecular formula is C18H21N3O2S2. The third kappa shape index (κ3) is 4.10. The minimum Gasteiger partial charge on any atom is -0.325 e. The summed E-state index contributed by atoms with van der Waals surface area (Å²) in [5.41, 5.74) is 2.81. The molecule has 0 spiro atoms. The lowest BCUT2D eigenvalue weighted by atomic mass is 10.2. The second kappa shape index (κ2) is 7.66. The van der Waals surface area contributed by atoms with Crippen LogP contribution >= 0.6 is 23.5 Å². The maximum absolute atomic E-state index is 12.6. The number of hydrogen-bond acceptors (Lipinski definition) is 5. The summed E-state index contributed by atoms with van der Waals surface area (Å²) in [6.45, 7) is 6.58. The van der Waals surface area contributed by atoms with E-state index in [0.717, 1.165) is 28.3 Å². The minimum absolute atomic E-state index is 0.0169. The van der Waals surface area contributed by atoms with Gasteiger partial charge in [-0.05, 0) is 26.0 Å². The number of carbonyl (C=O) groups excluding carboxylic acids is 1. The van der Waals surface area contributed by atoms with E-state index < -0.39 is 0 Å². The van der Waals surface area contributed by atoms with E-state index in [9.17, 15) is 9.59 Å². The number of nitrogens with one attached hydrogen (secondary N) is 1. The number of anilines is 1. The zero-order chi connectivity index (χ0) is 18.0. The first-order valence-electron chi connectivity index (χ1n) is 8.27. The van der Waals surface area contributed by atoms with Crippen LogP contribution in [0.4, 0.5) is 5.69 Å². The molecule has 5 nitrogen and oxygen atoms in total. The van der Waals surface area contributed by atoms with Gasteiger partial charge in [-0.15, -0.1) is 11.8 Å². The summed E-state index contributed by atoms with van der Waals surface area (Å²) in [7, 11) is 0. The largest absolute Gasteiger partial charge is 0.325 e. The summed E-state index contributed by atoms with van der Waals surface area (Å²) in [5, 5.41) is 3.88. The molecule has 1 N–H and O–H groups in total. The molecule has 25 heavy (non-hydrogen) atoms. The summed E-state index contributed by atoms with van der Waals surface area (Å²) >= 11 is 2.91. The second-order valence-electron chi connectivity index (χ2n) is 6.06. The van der Waals surface area contributed by atoms with Crippen LogP contribution in [-0.4, -0.2) is 26.5 Å². The summed E-state index contributed by atoms with van der Waals surface area (Å²) in [6, 6.07) is 7.68. The van der Waals surface area contributed by atoms with Crippen LogP contribution in [0.1, 0.15) is 25.1 Å². The van der Waals surface area contributed by atoms with E-state index in [4.69, 9.17) is 0 Å². The van der Waals surface area contributed by atoms with Crippen molar-refractivity contribution >= 4 is 35.1 Å². The minimum atomic E-state index is -0.103. The van der Waals surface area contributed by atoms with Gasteiger partial charge in [0.05, 0.1) is 16.3 Å². The number of aromatic nitrogens is 2. The van der Waals surface area contributed by atoms with Gasteiger partial charge in [-0.25, -0.2) is 4.98 Å². The van der Waals surface area contributed by atoms with Crippen LogP contribution in [0.2, 0.25) is 0 Å². The Balaban J connectivity index is 1.71. The third-order valence-corrected chi connectivity index (χ3v) is 6.14. The first-order valence-corrected chi connectivity index (χ1v) is 10.1. The Hall–Kier alpha value is -1.73. The van der Waals surface area contributed by atoms with Gasteiger partial charge in [-0.3, -0.25) is 14.2 Å². The van der Waals surface area contributed by atoms with Crippen molar-refractivity contribution in [2.24, 2.45) is 0 Å². The first-order chi connectivity index (χ1) is 12.0. The fraction of sp³-hybridized carbons (Fsp3) is 0.389. The molecule has 0 saturated carbocycles. The number of nitrogens with zero attached hydrogens (tertiary/aromatic N) is 2. The average molecular weight is 376 g/mol. The van der Waals surface area contributed by atoms with Crippen LogP contribution in [0, 0.1) is 6.92 Å². The predicted molar refractivity (Wildman–Crippen MR) is 104 cm³/mol. The van der Waals surface area contributed by atoms with Gasteiger partial charge in [0.2, 0.25) is 5.91 Å². The van der Waals surface area contributed by atoms with Gasteiger partial charge < -0.3 is 5.32 Å². The number of thioether (sulfide) groups is 2. The lowest BCUT2D eigenvalue weighted by molar-refractivity contribution is -0.113. The number of fused-ring (bicyclic) bond motifs is 1. The molecule has 7 heteroatoms. The van der Waals surface area contributed by atoms with E-state index in [1.54, 1.807) is 16.3 Å². The molecule has 2 heterocycles. The molecule has 0 aliphatic carbocycles. The zero-order valence-electron chi connectivity index (χ0n) is 14.5. The number of aryl methyl sites for hydroxylation is 1. The maximum Gasteiger partial charge on any atom is 0.268 e. The molecule has 1 aliphatic rings. The molecule has 1 amide bonds. The molecule has 132 valence electrons. The Bertz CT molecular complexity index is 847. The van der Waals surface area contributed by atoms with Crippen molar-refractivity contribution < 1.29 is 4.79 Å². The molecule has 0 bridgehead atoms. The molecule has 1 aliphatic heterocycles. The van der Waals surface area contributed by atoms with E-state index in [2.05, 4.69) is 17.2 Å². The van der Waals surface area contributed by atoms with Crippen LogP contribution in [0.5, 0.6) is 0 Å². The van der Waals surface area contributed by atoms with Crippen LogP contribution in [0.15, 0.2) is 39.1 Å². The van der Waals surface area contributed by atoms with Gasteiger partial charge in [0.1, 0.15) is 0 Å². The topological polar surface area (TPSA) is 64.0 Å². The van der Waals surface area contributed by atoms with Crippen molar-refractivity contribution in [1.82, 2.24) is 9.55 Å². The number of hydrogen-bond donors (Lipinski definition) is 1.